The van der Waals surface area contributed by atoms with E-state index in [1.165, 1.54) is 12.1 Å². The Morgan fingerprint density at radius 2 is 2.00 bits per heavy atom. The standard InChI is InChI=1S/C9H12N2O3/c10-8(6-12)5-7-1-3-9(4-2-7)11(13)14/h1-4,8,12H,5-6,10H2/t8-/m1/s1. The van der Waals surface area contributed by atoms with Gasteiger partial charge < -0.3 is 10.8 Å². The number of nitrogens with two attached hydrogens (primary N) is 1. The van der Waals surface area contributed by atoms with E-state index in [4.69, 9.17) is 10.8 Å². The van der Waals surface area contributed by atoms with Crippen molar-refractivity contribution in [3.8, 4) is 0 Å². The van der Waals surface area contributed by atoms with E-state index >= 15 is 0 Å². The molecule has 76 valence electrons. The second-order valence-electron chi connectivity index (χ2n) is 3.07. The van der Waals surface area contributed by atoms with Crippen molar-refractivity contribution in [2.45, 2.75) is 12.5 Å². The van der Waals surface area contributed by atoms with Gasteiger partial charge in [0.05, 0.1) is 11.5 Å². The molecule has 5 heteroatoms. The molecule has 0 radical (unpaired) electrons. The van der Waals surface area contributed by atoms with Crippen molar-refractivity contribution in [3.63, 3.8) is 0 Å². The van der Waals surface area contributed by atoms with Gasteiger partial charge in [-0.25, -0.2) is 0 Å². The summed E-state index contributed by atoms with van der Waals surface area (Å²) in [7, 11) is 0. The van der Waals surface area contributed by atoms with Gasteiger partial charge in [0.2, 0.25) is 0 Å². The molecule has 0 aliphatic heterocycles. The fourth-order valence-electron chi connectivity index (χ4n) is 1.12. The number of non-ortho nitro benzene ring substituents is 1. The lowest BCUT2D eigenvalue weighted by Crippen LogP contribution is -2.26. The maximum Gasteiger partial charge on any atom is 0.269 e. The Morgan fingerprint density at radius 3 is 2.43 bits per heavy atom. The Labute approximate surface area is 81.3 Å². The molecule has 14 heavy (non-hydrogen) atoms. The molecule has 3 N–H and O–H groups in total. The second-order valence-corrected chi connectivity index (χ2v) is 3.07. The molecule has 0 saturated heterocycles. The molecule has 0 aliphatic rings. The molecule has 0 aromatic heterocycles. The summed E-state index contributed by atoms with van der Waals surface area (Å²) in [6, 6.07) is 5.84. The Kier molecular flexibility index (Phi) is 3.55. The van der Waals surface area contributed by atoms with Gasteiger partial charge in [-0.3, -0.25) is 10.1 Å². The molecule has 1 aromatic carbocycles. The zero-order chi connectivity index (χ0) is 10.6. The molecule has 0 heterocycles. The van der Waals surface area contributed by atoms with E-state index in [-0.39, 0.29) is 18.3 Å². The Balaban J connectivity index is 2.68. The molecular weight excluding hydrogens is 184 g/mol. The van der Waals surface area contributed by atoms with Crippen molar-refractivity contribution in [1.82, 2.24) is 0 Å². The van der Waals surface area contributed by atoms with Crippen LogP contribution in [0.25, 0.3) is 0 Å². The van der Waals surface area contributed by atoms with Crippen LogP contribution in [0.1, 0.15) is 5.56 Å². The first-order valence-electron chi connectivity index (χ1n) is 4.23. The van der Waals surface area contributed by atoms with Crippen molar-refractivity contribution in [1.29, 1.82) is 0 Å². The van der Waals surface area contributed by atoms with E-state index in [0.29, 0.717) is 6.42 Å². The van der Waals surface area contributed by atoms with Crippen LogP contribution < -0.4 is 5.73 Å². The van der Waals surface area contributed by atoms with Gasteiger partial charge >= 0.3 is 0 Å². The fourth-order valence-corrected chi connectivity index (χ4v) is 1.12. The summed E-state index contributed by atoms with van der Waals surface area (Å²) in [5.41, 5.74) is 6.47. The first kappa shape index (κ1) is 10.6. The van der Waals surface area contributed by atoms with Crippen LogP contribution in [0.3, 0.4) is 0 Å². The molecule has 1 atom stereocenters. The van der Waals surface area contributed by atoms with Gasteiger partial charge in [-0.15, -0.1) is 0 Å². The molecule has 1 aromatic rings. The van der Waals surface area contributed by atoms with Crippen LogP contribution in [0.2, 0.25) is 0 Å². The smallest absolute Gasteiger partial charge is 0.269 e. The molecule has 1 rings (SSSR count). The van der Waals surface area contributed by atoms with Crippen LogP contribution in [0.4, 0.5) is 5.69 Å². The van der Waals surface area contributed by atoms with Crippen molar-refractivity contribution in [2.24, 2.45) is 5.73 Å². The number of nitrogens with zero attached hydrogens (tertiary/aromatic N) is 1. The third kappa shape index (κ3) is 2.79. The minimum Gasteiger partial charge on any atom is -0.395 e. The highest BCUT2D eigenvalue weighted by Crippen LogP contribution is 2.12. The lowest BCUT2D eigenvalue weighted by Gasteiger charge is -2.06. The maximum absolute atomic E-state index is 10.3. The molecule has 0 aliphatic carbocycles. The third-order valence-electron chi connectivity index (χ3n) is 1.88. The largest absolute Gasteiger partial charge is 0.395 e. The monoisotopic (exact) mass is 196 g/mol. The number of rotatable bonds is 4. The molecule has 0 unspecified atom stereocenters. The van der Waals surface area contributed by atoms with Crippen LogP contribution in [-0.2, 0) is 6.42 Å². The van der Waals surface area contributed by atoms with Gasteiger partial charge in [-0.05, 0) is 12.0 Å². The highest BCUT2D eigenvalue weighted by atomic mass is 16.6. The Morgan fingerprint density at radius 1 is 1.43 bits per heavy atom. The number of nitro groups is 1. The molecule has 0 fully saturated rings. The van der Waals surface area contributed by atoms with Gasteiger partial charge in [0.25, 0.3) is 5.69 Å². The molecule has 0 saturated carbocycles. The van der Waals surface area contributed by atoms with E-state index in [1.807, 2.05) is 0 Å². The molecular formula is C9H12N2O3. The van der Waals surface area contributed by atoms with Gasteiger partial charge in [-0.2, -0.15) is 0 Å². The predicted octanol–water partition coefficient (Wildman–Crippen LogP) is 0.457. The molecule has 0 amide bonds. The summed E-state index contributed by atoms with van der Waals surface area (Å²) in [4.78, 5) is 9.88. The van der Waals surface area contributed by atoms with Crippen LogP contribution in [0, 0.1) is 10.1 Å². The summed E-state index contributed by atoms with van der Waals surface area (Å²) in [6.45, 7) is -0.0863. The normalized spacial score (nSPS) is 12.4. The molecule has 0 bridgehead atoms. The summed E-state index contributed by atoms with van der Waals surface area (Å²) < 4.78 is 0. The van der Waals surface area contributed by atoms with Crippen molar-refractivity contribution >= 4 is 5.69 Å². The maximum atomic E-state index is 10.3. The van der Waals surface area contributed by atoms with Crippen molar-refractivity contribution in [2.75, 3.05) is 6.61 Å². The van der Waals surface area contributed by atoms with E-state index in [9.17, 15) is 10.1 Å². The van der Waals surface area contributed by atoms with Crippen molar-refractivity contribution < 1.29 is 10.0 Å². The lowest BCUT2D eigenvalue weighted by molar-refractivity contribution is -0.384. The Bertz CT molecular complexity index is 310. The highest BCUT2D eigenvalue weighted by molar-refractivity contribution is 5.33. The van der Waals surface area contributed by atoms with Crippen LogP contribution >= 0.6 is 0 Å². The average Bonchev–Trinajstić information content (AvgIpc) is 2.18. The average molecular weight is 196 g/mol. The summed E-state index contributed by atoms with van der Waals surface area (Å²) in [5, 5.41) is 19.0. The summed E-state index contributed by atoms with van der Waals surface area (Å²) in [5.74, 6) is 0. The summed E-state index contributed by atoms with van der Waals surface area (Å²) in [6.07, 6.45) is 0.522. The topological polar surface area (TPSA) is 89.4 Å². The first-order chi connectivity index (χ1) is 6.63. The number of nitro benzene ring substituents is 1. The van der Waals surface area contributed by atoms with E-state index < -0.39 is 4.92 Å². The Hall–Kier alpha value is -1.46. The minimum atomic E-state index is -0.449. The van der Waals surface area contributed by atoms with Gasteiger partial charge in [0, 0.05) is 18.2 Å². The quantitative estimate of drug-likeness (QED) is 0.540. The molecule has 0 spiro atoms. The number of aliphatic hydroxyl groups is 1. The number of benzene rings is 1. The second kappa shape index (κ2) is 4.69. The van der Waals surface area contributed by atoms with Gasteiger partial charge in [0.15, 0.2) is 0 Å². The van der Waals surface area contributed by atoms with E-state index in [1.54, 1.807) is 12.1 Å². The predicted molar refractivity (Wildman–Crippen MR) is 51.9 cm³/mol. The van der Waals surface area contributed by atoms with E-state index in [2.05, 4.69) is 0 Å². The first-order valence-corrected chi connectivity index (χ1v) is 4.23. The van der Waals surface area contributed by atoms with Crippen LogP contribution in [0.5, 0.6) is 0 Å². The van der Waals surface area contributed by atoms with Gasteiger partial charge in [-0.1, -0.05) is 12.1 Å². The highest BCUT2D eigenvalue weighted by Gasteiger charge is 2.06. The fraction of sp³-hybridized carbons (Fsp3) is 0.333. The van der Waals surface area contributed by atoms with E-state index in [0.717, 1.165) is 5.56 Å². The lowest BCUT2D eigenvalue weighted by atomic mass is 10.1. The number of hydrogen-bond donors (Lipinski definition) is 2. The zero-order valence-electron chi connectivity index (χ0n) is 7.59. The van der Waals surface area contributed by atoms with Crippen molar-refractivity contribution in [3.05, 3.63) is 39.9 Å². The number of aliphatic hydroxyl groups excluding tert-OH is 1. The summed E-state index contributed by atoms with van der Waals surface area (Å²) >= 11 is 0. The molecule has 5 nitrogen and oxygen atoms in total. The SMILES string of the molecule is N[C@@H](CO)Cc1ccc([N+](=O)[O-])cc1. The van der Waals surface area contributed by atoms with Gasteiger partial charge in [0.1, 0.15) is 0 Å². The number of hydrogen-bond acceptors (Lipinski definition) is 4. The zero-order valence-corrected chi connectivity index (χ0v) is 7.59. The van der Waals surface area contributed by atoms with Crippen LogP contribution in [0.15, 0.2) is 24.3 Å². The minimum absolute atomic E-state index is 0.0614. The third-order valence-corrected chi connectivity index (χ3v) is 1.88. The van der Waals surface area contributed by atoms with Crippen LogP contribution in [-0.4, -0.2) is 22.7 Å².